The predicted octanol–water partition coefficient (Wildman–Crippen LogP) is 3.01. The largest absolute Gasteiger partial charge is 0.480 e. The monoisotopic (exact) mass is 376 g/mol. The SMILES string of the molecule is O=C(O)C1(Nc2ccc(I)cc2[N+](=O)[O-])CCCC1. The highest BCUT2D eigenvalue weighted by Crippen LogP contribution is 2.36. The number of carboxylic acids is 1. The maximum absolute atomic E-state index is 11.4. The quantitative estimate of drug-likeness (QED) is 0.479. The summed E-state index contributed by atoms with van der Waals surface area (Å²) in [7, 11) is 0. The van der Waals surface area contributed by atoms with Gasteiger partial charge in [0.15, 0.2) is 0 Å². The van der Waals surface area contributed by atoms with Crippen molar-refractivity contribution >= 4 is 39.9 Å². The number of hydrogen-bond donors (Lipinski definition) is 2. The van der Waals surface area contributed by atoms with Crippen LogP contribution in [-0.4, -0.2) is 21.5 Å². The van der Waals surface area contributed by atoms with Gasteiger partial charge in [-0.15, -0.1) is 0 Å². The van der Waals surface area contributed by atoms with E-state index in [-0.39, 0.29) is 11.4 Å². The second kappa shape index (κ2) is 5.32. The zero-order valence-electron chi connectivity index (χ0n) is 10.1. The summed E-state index contributed by atoms with van der Waals surface area (Å²) < 4.78 is 0.741. The Bertz CT molecular complexity index is 526. The van der Waals surface area contributed by atoms with Gasteiger partial charge >= 0.3 is 5.97 Å². The van der Waals surface area contributed by atoms with E-state index < -0.39 is 16.4 Å². The fraction of sp³-hybridized carbons (Fsp3) is 0.417. The molecule has 0 amide bonds. The van der Waals surface area contributed by atoms with Gasteiger partial charge in [-0.3, -0.25) is 10.1 Å². The molecule has 0 spiro atoms. The molecule has 0 heterocycles. The first-order chi connectivity index (χ1) is 8.94. The second-order valence-electron chi connectivity index (χ2n) is 4.64. The maximum atomic E-state index is 11.4. The van der Waals surface area contributed by atoms with Crippen LogP contribution in [0.25, 0.3) is 0 Å². The average molecular weight is 376 g/mol. The number of carboxylic acid groups (broad SMARTS) is 1. The molecule has 1 aliphatic carbocycles. The van der Waals surface area contributed by atoms with Crippen molar-refractivity contribution in [2.75, 3.05) is 5.32 Å². The van der Waals surface area contributed by atoms with E-state index in [2.05, 4.69) is 5.32 Å². The molecule has 0 bridgehead atoms. The molecule has 0 radical (unpaired) electrons. The van der Waals surface area contributed by atoms with Gasteiger partial charge in [0, 0.05) is 9.64 Å². The summed E-state index contributed by atoms with van der Waals surface area (Å²) in [5.41, 5.74) is -0.883. The van der Waals surface area contributed by atoms with Crippen LogP contribution in [0.15, 0.2) is 18.2 Å². The third-order valence-corrected chi connectivity index (χ3v) is 4.07. The summed E-state index contributed by atoms with van der Waals surface area (Å²) in [6, 6.07) is 4.73. The first-order valence-electron chi connectivity index (χ1n) is 5.90. The smallest absolute Gasteiger partial charge is 0.329 e. The van der Waals surface area contributed by atoms with Crippen LogP contribution in [0.2, 0.25) is 0 Å². The average Bonchev–Trinajstić information content (AvgIpc) is 2.81. The number of anilines is 1. The standard InChI is InChI=1S/C12H13IN2O4/c13-8-3-4-9(10(7-8)15(18)19)14-12(11(16)17)5-1-2-6-12/h3-4,7,14H,1-2,5-6H2,(H,16,17). The summed E-state index contributed by atoms with van der Waals surface area (Å²) in [5, 5.41) is 23.3. The van der Waals surface area contributed by atoms with E-state index in [1.807, 2.05) is 22.6 Å². The summed E-state index contributed by atoms with van der Waals surface area (Å²) in [6.07, 6.45) is 2.62. The number of benzene rings is 1. The Labute approximate surface area is 123 Å². The van der Waals surface area contributed by atoms with Crippen LogP contribution in [0.5, 0.6) is 0 Å². The molecular weight excluding hydrogens is 363 g/mol. The van der Waals surface area contributed by atoms with E-state index in [0.29, 0.717) is 12.8 Å². The number of halogens is 1. The fourth-order valence-electron chi connectivity index (χ4n) is 2.39. The number of nitro groups is 1. The van der Waals surface area contributed by atoms with E-state index in [9.17, 15) is 20.0 Å². The van der Waals surface area contributed by atoms with Crippen LogP contribution in [-0.2, 0) is 4.79 Å². The fourth-order valence-corrected chi connectivity index (χ4v) is 2.86. The number of carbonyl (C=O) groups is 1. The lowest BCUT2D eigenvalue weighted by Gasteiger charge is -2.26. The van der Waals surface area contributed by atoms with Crippen molar-refractivity contribution in [3.05, 3.63) is 31.9 Å². The minimum Gasteiger partial charge on any atom is -0.480 e. The van der Waals surface area contributed by atoms with Gasteiger partial charge in [0.05, 0.1) is 4.92 Å². The zero-order chi connectivity index (χ0) is 14.0. The topological polar surface area (TPSA) is 92.5 Å². The lowest BCUT2D eigenvalue weighted by molar-refractivity contribution is -0.384. The number of hydrogen-bond acceptors (Lipinski definition) is 4. The van der Waals surface area contributed by atoms with Gasteiger partial charge in [-0.25, -0.2) is 4.79 Å². The Balaban J connectivity index is 2.37. The van der Waals surface area contributed by atoms with Crippen LogP contribution in [0.4, 0.5) is 11.4 Å². The zero-order valence-corrected chi connectivity index (χ0v) is 12.2. The lowest BCUT2D eigenvalue weighted by atomic mass is 9.97. The van der Waals surface area contributed by atoms with Gasteiger partial charge in [-0.05, 0) is 47.6 Å². The molecule has 0 unspecified atom stereocenters. The van der Waals surface area contributed by atoms with Crippen LogP contribution in [0, 0.1) is 13.7 Å². The van der Waals surface area contributed by atoms with Gasteiger partial charge < -0.3 is 10.4 Å². The number of nitro benzene ring substituents is 1. The molecule has 0 saturated heterocycles. The first kappa shape index (κ1) is 14.0. The Kier molecular flexibility index (Phi) is 3.93. The van der Waals surface area contributed by atoms with Crippen molar-refractivity contribution < 1.29 is 14.8 Å². The molecule has 7 heteroatoms. The van der Waals surface area contributed by atoms with E-state index in [1.165, 1.54) is 6.07 Å². The molecule has 102 valence electrons. The molecule has 19 heavy (non-hydrogen) atoms. The molecule has 2 rings (SSSR count). The first-order valence-corrected chi connectivity index (χ1v) is 6.98. The van der Waals surface area contributed by atoms with E-state index >= 15 is 0 Å². The number of nitrogens with zero attached hydrogens (tertiary/aromatic N) is 1. The molecule has 1 aromatic carbocycles. The van der Waals surface area contributed by atoms with Gasteiger partial charge in [-0.1, -0.05) is 12.8 Å². The van der Waals surface area contributed by atoms with Crippen LogP contribution in [0.3, 0.4) is 0 Å². The maximum Gasteiger partial charge on any atom is 0.329 e. The van der Waals surface area contributed by atoms with Crippen molar-refractivity contribution in [1.82, 2.24) is 0 Å². The molecule has 0 aliphatic heterocycles. The molecule has 0 aromatic heterocycles. The molecule has 2 N–H and O–H groups in total. The molecule has 1 fully saturated rings. The summed E-state index contributed by atoms with van der Waals surface area (Å²) in [4.78, 5) is 22.0. The Morgan fingerprint density at radius 3 is 2.58 bits per heavy atom. The van der Waals surface area contributed by atoms with Crippen LogP contribution < -0.4 is 5.32 Å². The Morgan fingerprint density at radius 2 is 2.05 bits per heavy atom. The van der Waals surface area contributed by atoms with Crippen LogP contribution in [0.1, 0.15) is 25.7 Å². The highest BCUT2D eigenvalue weighted by Gasteiger charge is 2.42. The van der Waals surface area contributed by atoms with Crippen LogP contribution >= 0.6 is 22.6 Å². The lowest BCUT2D eigenvalue weighted by Crippen LogP contribution is -2.43. The summed E-state index contributed by atoms with van der Waals surface area (Å²) in [5.74, 6) is -0.946. The summed E-state index contributed by atoms with van der Waals surface area (Å²) in [6.45, 7) is 0. The van der Waals surface area contributed by atoms with Crippen molar-refractivity contribution in [1.29, 1.82) is 0 Å². The molecule has 1 aliphatic rings. The van der Waals surface area contributed by atoms with E-state index in [0.717, 1.165) is 16.4 Å². The molecule has 1 aromatic rings. The van der Waals surface area contributed by atoms with E-state index in [1.54, 1.807) is 12.1 Å². The van der Waals surface area contributed by atoms with Crippen molar-refractivity contribution in [3.63, 3.8) is 0 Å². The molecule has 6 nitrogen and oxygen atoms in total. The third-order valence-electron chi connectivity index (χ3n) is 3.40. The van der Waals surface area contributed by atoms with Crippen molar-refractivity contribution in [3.8, 4) is 0 Å². The van der Waals surface area contributed by atoms with Gasteiger partial charge in [0.2, 0.25) is 0 Å². The van der Waals surface area contributed by atoms with Gasteiger partial charge in [0.25, 0.3) is 5.69 Å². The van der Waals surface area contributed by atoms with E-state index in [4.69, 9.17) is 0 Å². The van der Waals surface area contributed by atoms with Crippen molar-refractivity contribution in [2.45, 2.75) is 31.2 Å². The normalized spacial score (nSPS) is 17.1. The third kappa shape index (κ3) is 2.80. The number of aliphatic carboxylic acids is 1. The minimum atomic E-state index is -1.07. The molecular formula is C12H13IN2O4. The highest BCUT2D eigenvalue weighted by atomic mass is 127. The second-order valence-corrected chi connectivity index (χ2v) is 5.88. The Morgan fingerprint density at radius 1 is 1.42 bits per heavy atom. The summed E-state index contributed by atoms with van der Waals surface area (Å²) >= 11 is 1.99. The number of rotatable bonds is 4. The molecule has 1 saturated carbocycles. The highest BCUT2D eigenvalue weighted by molar-refractivity contribution is 14.1. The number of nitrogens with one attached hydrogen (secondary N) is 1. The van der Waals surface area contributed by atoms with Crippen molar-refractivity contribution in [2.24, 2.45) is 0 Å². The Hall–Kier alpha value is -1.38. The minimum absolute atomic E-state index is 0.0839. The predicted molar refractivity (Wildman–Crippen MR) is 78.3 cm³/mol. The molecule has 0 atom stereocenters. The van der Waals surface area contributed by atoms with Gasteiger partial charge in [0.1, 0.15) is 11.2 Å². The van der Waals surface area contributed by atoms with Gasteiger partial charge in [-0.2, -0.15) is 0 Å².